The third-order valence-corrected chi connectivity index (χ3v) is 5.19. The van der Waals surface area contributed by atoms with Crippen molar-refractivity contribution in [3.63, 3.8) is 0 Å². The fraction of sp³-hybridized carbons (Fsp3) is 0.450. The van der Waals surface area contributed by atoms with Crippen LogP contribution in [-0.4, -0.2) is 52.3 Å². The normalized spacial score (nSPS) is 14.3. The van der Waals surface area contributed by atoms with Crippen LogP contribution in [0.5, 0.6) is 0 Å². The number of nitrogens with one attached hydrogen (secondary N) is 1. The van der Waals surface area contributed by atoms with Gasteiger partial charge in [0.2, 0.25) is 5.91 Å². The van der Waals surface area contributed by atoms with Crippen molar-refractivity contribution in [3.05, 3.63) is 41.6 Å². The van der Waals surface area contributed by atoms with Gasteiger partial charge in [-0.3, -0.25) is 9.48 Å². The first-order valence-corrected chi connectivity index (χ1v) is 9.65. The van der Waals surface area contributed by atoms with E-state index in [2.05, 4.69) is 17.4 Å². The van der Waals surface area contributed by atoms with E-state index in [-0.39, 0.29) is 18.3 Å². The van der Waals surface area contributed by atoms with E-state index < -0.39 is 12.1 Å². The average Bonchev–Trinajstić information content (AvgIpc) is 2.86. The van der Waals surface area contributed by atoms with E-state index in [1.165, 1.54) is 11.3 Å². The molecule has 0 fully saturated rings. The van der Waals surface area contributed by atoms with Crippen molar-refractivity contribution >= 4 is 24.3 Å². The number of aromatic nitrogens is 2. The number of amides is 3. The number of hydrogen-bond donors (Lipinski definition) is 3. The fourth-order valence-corrected chi connectivity index (χ4v) is 3.72. The van der Waals surface area contributed by atoms with Crippen LogP contribution in [0.2, 0.25) is 0 Å². The number of fused-ring (bicyclic) bond motifs is 1. The van der Waals surface area contributed by atoms with Crippen molar-refractivity contribution in [3.8, 4) is 11.3 Å². The number of carbonyl (C=O) groups is 2. The van der Waals surface area contributed by atoms with Crippen LogP contribution < -0.4 is 16.8 Å². The minimum absolute atomic E-state index is 0. The van der Waals surface area contributed by atoms with E-state index >= 15 is 0 Å². The summed E-state index contributed by atoms with van der Waals surface area (Å²) in [7, 11) is 1.96. The van der Waals surface area contributed by atoms with Crippen LogP contribution >= 0.6 is 12.4 Å². The molecular weight excluding hydrogens is 392 g/mol. The van der Waals surface area contributed by atoms with Crippen molar-refractivity contribution < 1.29 is 9.59 Å². The molecule has 3 rings (SSSR count). The summed E-state index contributed by atoms with van der Waals surface area (Å²) >= 11 is 0. The Morgan fingerprint density at radius 2 is 1.90 bits per heavy atom. The molecule has 1 aliphatic heterocycles. The maximum atomic E-state index is 12.8. The zero-order chi connectivity index (χ0) is 20.1. The van der Waals surface area contributed by atoms with Crippen LogP contribution in [0, 0.1) is 0 Å². The Hall–Kier alpha value is -2.58. The van der Waals surface area contributed by atoms with Crippen LogP contribution in [0.15, 0.2) is 30.3 Å². The molecule has 8 nitrogen and oxygen atoms in total. The van der Waals surface area contributed by atoms with E-state index in [1.54, 1.807) is 0 Å². The molecule has 0 saturated carbocycles. The molecule has 0 spiro atoms. The Balaban J connectivity index is 0.00000300. The monoisotopic (exact) mass is 420 g/mol. The minimum atomic E-state index is -0.567. The highest BCUT2D eigenvalue weighted by molar-refractivity contribution is 5.85. The largest absolute Gasteiger partial charge is 0.352 e. The van der Waals surface area contributed by atoms with E-state index in [1.807, 2.05) is 34.8 Å². The number of nitrogens with zero attached hydrogens (tertiary/aromatic N) is 3. The highest BCUT2D eigenvalue weighted by Crippen LogP contribution is 2.28. The van der Waals surface area contributed by atoms with Crippen LogP contribution in [0.25, 0.3) is 11.3 Å². The van der Waals surface area contributed by atoms with Crippen molar-refractivity contribution in [2.24, 2.45) is 18.5 Å². The number of carbonyl (C=O) groups excluding carboxylic acids is 2. The highest BCUT2D eigenvalue weighted by atomic mass is 35.5. The Kier molecular flexibility index (Phi) is 8.04. The minimum Gasteiger partial charge on any atom is -0.352 e. The number of benzene rings is 1. The Morgan fingerprint density at radius 3 is 2.59 bits per heavy atom. The van der Waals surface area contributed by atoms with Crippen molar-refractivity contribution in [2.45, 2.75) is 31.7 Å². The van der Waals surface area contributed by atoms with E-state index in [0.717, 1.165) is 24.1 Å². The number of hydrogen-bond acceptors (Lipinski definition) is 4. The summed E-state index contributed by atoms with van der Waals surface area (Å²) in [5.74, 6) is -0.0406. The van der Waals surface area contributed by atoms with Crippen LogP contribution in [0.1, 0.15) is 24.1 Å². The molecular formula is C20H29ClN6O2. The first-order valence-electron chi connectivity index (χ1n) is 9.65. The molecule has 0 aliphatic carbocycles. The van der Waals surface area contributed by atoms with Gasteiger partial charge in [0, 0.05) is 49.9 Å². The number of halogens is 1. The Labute approximate surface area is 177 Å². The predicted octanol–water partition coefficient (Wildman–Crippen LogP) is 1.21. The first-order chi connectivity index (χ1) is 13.5. The van der Waals surface area contributed by atoms with E-state index in [0.29, 0.717) is 32.5 Å². The number of nitrogens with two attached hydrogens (primary N) is 2. The summed E-state index contributed by atoms with van der Waals surface area (Å²) in [6, 6.07) is 9.00. The lowest BCUT2D eigenvalue weighted by molar-refractivity contribution is -0.132. The summed E-state index contributed by atoms with van der Waals surface area (Å²) in [6.45, 7) is 1.69. The first kappa shape index (κ1) is 22.7. The van der Waals surface area contributed by atoms with E-state index in [9.17, 15) is 9.59 Å². The zero-order valence-electron chi connectivity index (χ0n) is 16.6. The second kappa shape index (κ2) is 10.3. The lowest BCUT2D eigenvalue weighted by Gasteiger charge is -2.24. The van der Waals surface area contributed by atoms with Gasteiger partial charge in [0.15, 0.2) is 0 Å². The summed E-state index contributed by atoms with van der Waals surface area (Å²) in [6.07, 6.45) is 2.65. The number of primary amides is 1. The summed E-state index contributed by atoms with van der Waals surface area (Å²) in [5, 5.41) is 7.23. The highest BCUT2D eigenvalue weighted by Gasteiger charge is 2.26. The Morgan fingerprint density at radius 1 is 1.21 bits per heavy atom. The molecule has 2 heterocycles. The molecule has 1 atom stereocenters. The molecule has 3 amide bonds. The molecule has 0 saturated heterocycles. The van der Waals surface area contributed by atoms with Gasteiger partial charge in [-0.05, 0) is 19.3 Å². The molecule has 29 heavy (non-hydrogen) atoms. The topological polar surface area (TPSA) is 119 Å². The van der Waals surface area contributed by atoms with E-state index in [4.69, 9.17) is 16.6 Å². The van der Waals surface area contributed by atoms with Crippen LogP contribution in [0.4, 0.5) is 4.79 Å². The third-order valence-electron chi connectivity index (χ3n) is 5.19. The van der Waals surface area contributed by atoms with Gasteiger partial charge >= 0.3 is 6.03 Å². The number of rotatable bonds is 6. The molecule has 1 aliphatic rings. The smallest absolute Gasteiger partial charge is 0.312 e. The molecule has 9 heteroatoms. The zero-order valence-corrected chi connectivity index (χ0v) is 17.5. The summed E-state index contributed by atoms with van der Waals surface area (Å²) in [5.41, 5.74) is 15.6. The number of aryl methyl sites for hydroxylation is 1. The average molecular weight is 421 g/mol. The molecule has 0 unspecified atom stereocenters. The second-order valence-corrected chi connectivity index (χ2v) is 7.13. The summed E-state index contributed by atoms with van der Waals surface area (Å²) < 4.78 is 1.93. The van der Waals surface area contributed by atoms with Gasteiger partial charge in [-0.1, -0.05) is 30.3 Å². The standard InChI is InChI=1S/C20H28N6O2.ClH/c1-25-17-10-13-26(19(27)16(21)8-5-11-23-20(22)28)12-9-15(17)18(24-25)14-6-3-2-4-7-14;/h2-4,6-7,16H,5,8-13,21H2,1H3,(H3,22,23,28);1H/t16-;/m0./s1. The lowest BCUT2D eigenvalue weighted by atomic mass is 10.0. The second-order valence-electron chi connectivity index (χ2n) is 7.13. The molecule has 5 N–H and O–H groups in total. The molecule has 0 radical (unpaired) electrons. The molecule has 1 aromatic heterocycles. The maximum absolute atomic E-state index is 12.8. The molecule has 1 aromatic carbocycles. The fourth-order valence-electron chi connectivity index (χ4n) is 3.72. The Bertz CT molecular complexity index is 839. The molecule has 158 valence electrons. The molecule has 2 aromatic rings. The third kappa shape index (κ3) is 5.48. The van der Waals surface area contributed by atoms with Gasteiger partial charge in [-0.15, -0.1) is 12.4 Å². The van der Waals surface area contributed by atoms with Gasteiger partial charge in [0.05, 0.1) is 11.7 Å². The van der Waals surface area contributed by atoms with Gasteiger partial charge < -0.3 is 21.7 Å². The van der Waals surface area contributed by atoms with Gasteiger partial charge in [0.1, 0.15) is 0 Å². The predicted molar refractivity (Wildman–Crippen MR) is 115 cm³/mol. The SMILES string of the molecule is Cl.Cn1nc(-c2ccccc2)c2c1CCN(C(=O)[C@@H](N)CCCNC(N)=O)CC2. The lowest BCUT2D eigenvalue weighted by Crippen LogP contribution is -2.45. The quantitative estimate of drug-likeness (QED) is 0.608. The maximum Gasteiger partial charge on any atom is 0.312 e. The number of urea groups is 1. The molecule has 0 bridgehead atoms. The van der Waals surface area contributed by atoms with Gasteiger partial charge in [-0.2, -0.15) is 5.10 Å². The summed E-state index contributed by atoms with van der Waals surface area (Å²) in [4.78, 5) is 25.3. The van der Waals surface area contributed by atoms with Crippen molar-refractivity contribution in [1.82, 2.24) is 20.0 Å². The van der Waals surface area contributed by atoms with Crippen LogP contribution in [0.3, 0.4) is 0 Å². The van der Waals surface area contributed by atoms with Crippen LogP contribution in [-0.2, 0) is 24.7 Å². The van der Waals surface area contributed by atoms with Crippen molar-refractivity contribution in [1.29, 1.82) is 0 Å². The van der Waals surface area contributed by atoms with Crippen molar-refractivity contribution in [2.75, 3.05) is 19.6 Å². The van der Waals surface area contributed by atoms with Gasteiger partial charge in [0.25, 0.3) is 0 Å². The van der Waals surface area contributed by atoms with Gasteiger partial charge in [-0.25, -0.2) is 4.79 Å².